The normalized spacial score (nSPS) is 20.3. The maximum atomic E-state index is 13.2. The number of hydrogen-bond donors (Lipinski definition) is 0. The highest BCUT2D eigenvalue weighted by Crippen LogP contribution is 2.32. The number of benzene rings is 1. The van der Waals surface area contributed by atoms with Gasteiger partial charge >= 0.3 is 0 Å². The molecule has 1 fully saturated rings. The van der Waals surface area contributed by atoms with Gasteiger partial charge in [0.1, 0.15) is 11.5 Å². The molecule has 3 aliphatic rings. The number of fused-ring (bicyclic) bond motifs is 1. The number of rotatable bonds is 3. The van der Waals surface area contributed by atoms with Crippen molar-refractivity contribution in [2.24, 2.45) is 0 Å². The molecule has 4 rings (SSSR count). The molecular formula is C22H26FN3O2. The van der Waals surface area contributed by atoms with Crippen LogP contribution < -0.4 is 0 Å². The van der Waals surface area contributed by atoms with E-state index < -0.39 is 0 Å². The minimum Gasteiger partial charge on any atom is -0.372 e. The van der Waals surface area contributed by atoms with Gasteiger partial charge in [-0.2, -0.15) is 0 Å². The van der Waals surface area contributed by atoms with E-state index in [9.17, 15) is 14.0 Å². The molecule has 0 unspecified atom stereocenters. The van der Waals surface area contributed by atoms with Gasteiger partial charge in [0, 0.05) is 45.0 Å². The predicted molar refractivity (Wildman–Crippen MR) is 105 cm³/mol. The number of piperidine rings is 1. The van der Waals surface area contributed by atoms with Crippen LogP contribution in [0.25, 0.3) is 0 Å². The van der Waals surface area contributed by atoms with Gasteiger partial charge in [-0.15, -0.1) is 0 Å². The molecule has 3 heterocycles. The molecule has 1 aromatic carbocycles. The topological polar surface area (TPSA) is 43.9 Å². The molecule has 0 radical (unpaired) electrons. The number of likely N-dealkylation sites (N-methyl/N-ethyl adjacent to an activating group) is 1. The van der Waals surface area contributed by atoms with Crippen molar-refractivity contribution in [3.05, 3.63) is 58.7 Å². The lowest BCUT2D eigenvalue weighted by Gasteiger charge is -2.38. The van der Waals surface area contributed by atoms with E-state index in [1.54, 1.807) is 12.1 Å². The molecule has 0 N–H and O–H groups in total. The largest absolute Gasteiger partial charge is 0.372 e. The summed E-state index contributed by atoms with van der Waals surface area (Å²) < 4.78 is 13.1. The fourth-order valence-electron chi connectivity index (χ4n) is 4.30. The minimum atomic E-state index is -0.252. The Labute approximate surface area is 165 Å². The van der Waals surface area contributed by atoms with Gasteiger partial charge in [0.2, 0.25) is 0 Å². The van der Waals surface area contributed by atoms with Crippen LogP contribution in [0.2, 0.25) is 0 Å². The Morgan fingerprint density at radius 1 is 1.07 bits per heavy atom. The fraction of sp³-hybridized carbons (Fsp3) is 0.455. The zero-order chi connectivity index (χ0) is 19.7. The van der Waals surface area contributed by atoms with Crippen LogP contribution in [0, 0.1) is 5.82 Å². The number of amides is 1. The van der Waals surface area contributed by atoms with Gasteiger partial charge < -0.3 is 14.7 Å². The smallest absolute Gasteiger partial charge is 0.270 e. The highest BCUT2D eigenvalue weighted by molar-refractivity contribution is 6.07. The third kappa shape index (κ3) is 3.68. The Morgan fingerprint density at radius 2 is 1.79 bits per heavy atom. The summed E-state index contributed by atoms with van der Waals surface area (Å²) in [6.07, 6.45) is 5.82. The molecule has 1 saturated heterocycles. The van der Waals surface area contributed by atoms with E-state index in [1.807, 2.05) is 23.0 Å². The van der Waals surface area contributed by atoms with Gasteiger partial charge in [0.05, 0.1) is 6.54 Å². The maximum absolute atomic E-state index is 13.2. The van der Waals surface area contributed by atoms with Crippen molar-refractivity contribution >= 4 is 11.7 Å². The standard InChI is InChI=1S/C22H26FN3O2/c1-24-15-20(27)19-14-25(13-16-5-7-17(23)8-6-16)12-9-18(19)21(24)22(28)26-10-3-2-4-11-26/h5-8,14H,2-4,9-13,15H2,1H3. The van der Waals surface area contributed by atoms with Gasteiger partial charge in [-0.25, -0.2) is 4.39 Å². The lowest BCUT2D eigenvalue weighted by Crippen LogP contribution is -2.45. The molecule has 0 aromatic heterocycles. The summed E-state index contributed by atoms with van der Waals surface area (Å²) in [7, 11) is 1.84. The van der Waals surface area contributed by atoms with Crippen molar-refractivity contribution < 1.29 is 14.0 Å². The quantitative estimate of drug-likeness (QED) is 0.805. The number of likely N-dealkylation sites (tertiary alicyclic amines) is 1. The van der Waals surface area contributed by atoms with Gasteiger partial charge in [-0.3, -0.25) is 9.59 Å². The molecule has 3 aliphatic heterocycles. The fourth-order valence-corrected chi connectivity index (χ4v) is 4.30. The first kappa shape index (κ1) is 18.7. The number of hydrogen-bond acceptors (Lipinski definition) is 4. The van der Waals surface area contributed by atoms with E-state index in [0.29, 0.717) is 24.2 Å². The Kier molecular flexibility index (Phi) is 5.20. The van der Waals surface area contributed by atoms with Gasteiger partial charge in [0.25, 0.3) is 5.91 Å². The zero-order valence-electron chi connectivity index (χ0n) is 16.3. The molecule has 6 heteroatoms. The van der Waals surface area contributed by atoms with E-state index in [0.717, 1.165) is 43.6 Å². The first-order valence-corrected chi connectivity index (χ1v) is 10.0. The molecule has 0 spiro atoms. The SMILES string of the molecule is CN1CC(=O)C2=CN(Cc3ccc(F)cc3)CCC2=C1C(=O)N1CCCCC1. The Bertz CT molecular complexity index is 838. The van der Waals surface area contributed by atoms with Crippen molar-refractivity contribution in [2.75, 3.05) is 33.2 Å². The summed E-state index contributed by atoms with van der Waals surface area (Å²) in [5, 5.41) is 0. The molecule has 28 heavy (non-hydrogen) atoms. The molecular weight excluding hydrogens is 357 g/mol. The van der Waals surface area contributed by atoms with Crippen LogP contribution in [-0.4, -0.2) is 59.6 Å². The Balaban J connectivity index is 1.60. The monoisotopic (exact) mass is 383 g/mol. The van der Waals surface area contributed by atoms with E-state index in [4.69, 9.17) is 0 Å². The number of nitrogens with zero attached hydrogens (tertiary/aromatic N) is 3. The van der Waals surface area contributed by atoms with Crippen molar-refractivity contribution in [3.63, 3.8) is 0 Å². The second-order valence-corrected chi connectivity index (χ2v) is 7.85. The molecule has 1 amide bonds. The average molecular weight is 383 g/mol. The van der Waals surface area contributed by atoms with Crippen LogP contribution in [0.3, 0.4) is 0 Å². The number of ketones is 1. The van der Waals surface area contributed by atoms with E-state index in [-0.39, 0.29) is 24.1 Å². The van der Waals surface area contributed by atoms with Crippen LogP contribution >= 0.6 is 0 Å². The summed E-state index contributed by atoms with van der Waals surface area (Å²) in [6, 6.07) is 6.43. The number of carbonyl (C=O) groups excluding carboxylic acids is 2. The van der Waals surface area contributed by atoms with Gasteiger partial charge in [-0.1, -0.05) is 12.1 Å². The highest BCUT2D eigenvalue weighted by atomic mass is 19.1. The summed E-state index contributed by atoms with van der Waals surface area (Å²) in [5.41, 5.74) is 3.22. The van der Waals surface area contributed by atoms with Crippen molar-refractivity contribution in [1.29, 1.82) is 0 Å². The zero-order valence-corrected chi connectivity index (χ0v) is 16.3. The van der Waals surface area contributed by atoms with Gasteiger partial charge in [-0.05, 0) is 49.0 Å². The summed E-state index contributed by atoms with van der Waals surface area (Å²) >= 11 is 0. The van der Waals surface area contributed by atoms with E-state index in [1.165, 1.54) is 18.6 Å². The maximum Gasteiger partial charge on any atom is 0.270 e. The molecule has 0 bridgehead atoms. The summed E-state index contributed by atoms with van der Waals surface area (Å²) in [5.74, 6) is -0.142. The summed E-state index contributed by atoms with van der Waals surface area (Å²) in [4.78, 5) is 31.7. The molecule has 148 valence electrons. The number of Topliss-reactive ketones (excluding diaryl/α,β-unsaturated/α-hetero) is 1. The lowest BCUT2D eigenvalue weighted by molar-refractivity contribution is -0.130. The van der Waals surface area contributed by atoms with Crippen LogP contribution in [0.15, 0.2) is 47.3 Å². The van der Waals surface area contributed by atoms with E-state index in [2.05, 4.69) is 4.90 Å². The summed E-state index contributed by atoms with van der Waals surface area (Å²) in [6.45, 7) is 3.18. The van der Waals surface area contributed by atoms with Crippen molar-refractivity contribution in [3.8, 4) is 0 Å². The Hall–Kier alpha value is -2.63. The molecule has 0 aliphatic carbocycles. The molecule has 0 saturated carbocycles. The van der Waals surface area contributed by atoms with Crippen LogP contribution in [-0.2, 0) is 16.1 Å². The molecule has 0 atom stereocenters. The highest BCUT2D eigenvalue weighted by Gasteiger charge is 2.35. The first-order chi connectivity index (χ1) is 13.5. The van der Waals surface area contributed by atoms with Crippen LogP contribution in [0.5, 0.6) is 0 Å². The van der Waals surface area contributed by atoms with Crippen molar-refractivity contribution in [2.45, 2.75) is 32.2 Å². The minimum absolute atomic E-state index is 0.0523. The van der Waals surface area contributed by atoms with Gasteiger partial charge in [0.15, 0.2) is 5.78 Å². The number of carbonyl (C=O) groups is 2. The number of halogens is 1. The predicted octanol–water partition coefficient (Wildman–Crippen LogP) is 2.70. The first-order valence-electron chi connectivity index (χ1n) is 10.0. The van der Waals surface area contributed by atoms with Crippen molar-refractivity contribution in [1.82, 2.24) is 14.7 Å². The van der Waals surface area contributed by atoms with Crippen LogP contribution in [0.4, 0.5) is 4.39 Å². The molecule has 1 aromatic rings. The third-order valence-electron chi connectivity index (χ3n) is 5.78. The average Bonchev–Trinajstić information content (AvgIpc) is 2.70. The second kappa shape index (κ2) is 7.78. The van der Waals surface area contributed by atoms with E-state index >= 15 is 0 Å². The lowest BCUT2D eigenvalue weighted by atomic mass is 9.89. The Morgan fingerprint density at radius 3 is 2.50 bits per heavy atom. The third-order valence-corrected chi connectivity index (χ3v) is 5.78. The molecule has 5 nitrogen and oxygen atoms in total. The van der Waals surface area contributed by atoms with Crippen LogP contribution in [0.1, 0.15) is 31.2 Å². The second-order valence-electron chi connectivity index (χ2n) is 7.85.